The molecule has 0 radical (unpaired) electrons. The van der Waals surface area contributed by atoms with Crippen LogP contribution in [0.25, 0.3) is 16.5 Å². The van der Waals surface area contributed by atoms with Gasteiger partial charge < -0.3 is 20.1 Å². The molecule has 2 fully saturated rings. The molecule has 8 rings (SSSR count). The van der Waals surface area contributed by atoms with Crippen LogP contribution in [0.5, 0.6) is 11.5 Å². The van der Waals surface area contributed by atoms with Gasteiger partial charge in [0.1, 0.15) is 11.5 Å². The molecule has 5 aromatic rings. The second-order valence-corrected chi connectivity index (χ2v) is 20.4. The molecule has 0 unspecified atom stereocenters. The number of nitrogens with one attached hydrogen (secondary N) is 3. The summed E-state index contributed by atoms with van der Waals surface area (Å²) in [7, 11) is -4.24. The summed E-state index contributed by atoms with van der Waals surface area (Å²) in [6, 6.07) is 24.0. The van der Waals surface area contributed by atoms with E-state index in [2.05, 4.69) is 56.0 Å². The predicted octanol–water partition coefficient (Wildman–Crippen LogP) is 9.57. The minimum absolute atomic E-state index is 0.00859. The molecule has 1 amide bonds. The van der Waals surface area contributed by atoms with Crippen molar-refractivity contribution in [1.82, 2.24) is 19.8 Å². The largest absolute Gasteiger partial charge is 0.456 e. The van der Waals surface area contributed by atoms with Gasteiger partial charge in [0.25, 0.3) is 15.9 Å². The highest BCUT2D eigenvalue weighted by Gasteiger charge is 2.31. The number of carbonyl (C=O) groups is 1. The highest BCUT2D eigenvalue weighted by atomic mass is 35.5. The lowest BCUT2D eigenvalue weighted by molar-refractivity contribution is 0.00976. The summed E-state index contributed by atoms with van der Waals surface area (Å²) in [4.78, 5) is 18.8. The van der Waals surface area contributed by atoms with Crippen LogP contribution in [0.2, 0.25) is 5.02 Å². The number of nitrogens with zero attached hydrogens (tertiary/aromatic N) is 3. The van der Waals surface area contributed by atoms with Crippen LogP contribution in [0, 0.1) is 18.3 Å². The van der Waals surface area contributed by atoms with Crippen LogP contribution in [0.3, 0.4) is 0 Å². The number of anilines is 2. The molecule has 4 aromatic carbocycles. The molecule has 322 valence electrons. The maximum absolute atomic E-state index is 14.0. The summed E-state index contributed by atoms with van der Waals surface area (Å²) in [6.45, 7) is 13.4. The zero-order valence-electron chi connectivity index (χ0n) is 35.6. The number of amides is 1. The molecule has 0 spiro atoms. The molecule has 4 N–H and O–H groups in total. The summed E-state index contributed by atoms with van der Waals surface area (Å²) in [6.07, 6.45) is 8.34. The van der Waals surface area contributed by atoms with Crippen molar-refractivity contribution in [3.05, 3.63) is 112 Å². The first-order chi connectivity index (χ1) is 29.1. The third-order valence-electron chi connectivity index (χ3n) is 12.9. The number of ether oxygens (including phenoxy) is 1. The number of aromatic nitrogens is 2. The van der Waals surface area contributed by atoms with Gasteiger partial charge in [-0.2, -0.15) is 5.10 Å². The van der Waals surface area contributed by atoms with E-state index in [9.17, 15) is 18.3 Å². The Labute approximate surface area is 364 Å². The van der Waals surface area contributed by atoms with Crippen molar-refractivity contribution in [2.45, 2.75) is 83.1 Å². The third-order valence-corrected chi connectivity index (χ3v) is 14.5. The number of piperazine rings is 1. The fourth-order valence-corrected chi connectivity index (χ4v) is 10.2. The van der Waals surface area contributed by atoms with Crippen LogP contribution in [0.1, 0.15) is 87.2 Å². The lowest BCUT2D eigenvalue weighted by Gasteiger charge is -2.39. The van der Waals surface area contributed by atoms with Gasteiger partial charge in [-0.05, 0) is 141 Å². The minimum Gasteiger partial charge on any atom is -0.456 e. The van der Waals surface area contributed by atoms with Gasteiger partial charge in [-0.1, -0.05) is 49.2 Å². The Balaban J connectivity index is 0.981. The lowest BCUT2D eigenvalue weighted by Crippen LogP contribution is -2.47. The second kappa shape index (κ2) is 17.5. The quantitative estimate of drug-likeness (QED) is 0.0966. The summed E-state index contributed by atoms with van der Waals surface area (Å²) >= 11 is 6.25. The van der Waals surface area contributed by atoms with Gasteiger partial charge in [0.15, 0.2) is 0 Å². The number of hydrogen-bond acceptors (Lipinski definition) is 9. The van der Waals surface area contributed by atoms with E-state index < -0.39 is 21.5 Å². The van der Waals surface area contributed by atoms with E-state index >= 15 is 0 Å². The Kier molecular flexibility index (Phi) is 12.3. The standard InChI is InChI=1S/C48H57ClN6O5S/c1-32-26-38(13-15-42(32)50-29-33-16-20-48(4,57)21-17-33)61(58,59)53-46(56)39-14-12-37(27-45(39)60-44-7-5-6-43-41(44)30-51-52-43)55-24-22-54(23-25-55)31-35-18-19-47(2,3)28-40(35)34-8-10-36(49)11-9-34/h5-15,26-27,30,33,50,57H,16-25,28-29,31H2,1-4H3,(H,51,52)(H,53,56). The molecule has 61 heavy (non-hydrogen) atoms. The van der Waals surface area contributed by atoms with Crippen molar-refractivity contribution in [3.8, 4) is 11.5 Å². The number of H-pyrrole nitrogens is 1. The normalized spacial score (nSPS) is 21.1. The highest BCUT2D eigenvalue weighted by Crippen LogP contribution is 2.44. The Morgan fingerprint density at radius 3 is 2.44 bits per heavy atom. The number of fused-ring (bicyclic) bond motifs is 1. The average Bonchev–Trinajstić information content (AvgIpc) is 3.72. The lowest BCUT2D eigenvalue weighted by atomic mass is 9.72. The van der Waals surface area contributed by atoms with Crippen LogP contribution in [0.15, 0.2) is 95.5 Å². The molecular formula is C48H57ClN6O5S. The molecule has 11 nitrogen and oxygen atoms in total. The maximum Gasteiger partial charge on any atom is 0.268 e. The fourth-order valence-electron chi connectivity index (χ4n) is 9.02. The third kappa shape index (κ3) is 10.1. The predicted molar refractivity (Wildman–Crippen MR) is 244 cm³/mol. The zero-order valence-corrected chi connectivity index (χ0v) is 37.1. The Morgan fingerprint density at radius 1 is 0.951 bits per heavy atom. The number of aromatic amines is 1. The van der Waals surface area contributed by atoms with Gasteiger partial charge in [-0.25, -0.2) is 13.1 Å². The van der Waals surface area contributed by atoms with Crippen molar-refractivity contribution < 1.29 is 23.1 Å². The summed E-state index contributed by atoms with van der Waals surface area (Å²) in [5.74, 6) is 0.369. The van der Waals surface area contributed by atoms with E-state index in [0.29, 0.717) is 11.7 Å². The first-order valence-corrected chi connectivity index (χ1v) is 23.3. The average molecular weight is 866 g/mol. The molecule has 1 saturated carbocycles. The topological polar surface area (TPSA) is 140 Å². The number of sulfonamides is 1. The molecule has 1 aromatic heterocycles. The molecule has 3 aliphatic rings. The number of carbonyl (C=O) groups excluding carboxylic acids is 1. The number of aliphatic hydroxyl groups is 1. The van der Waals surface area contributed by atoms with Gasteiger partial charge >= 0.3 is 0 Å². The van der Waals surface area contributed by atoms with Crippen molar-refractivity contribution in [2.24, 2.45) is 11.3 Å². The molecule has 1 saturated heterocycles. The van der Waals surface area contributed by atoms with Crippen LogP contribution in [-0.2, 0) is 10.0 Å². The minimum atomic E-state index is -4.24. The number of halogens is 1. The van der Waals surface area contributed by atoms with Crippen LogP contribution in [-0.4, -0.2) is 79.4 Å². The number of aryl methyl sites for hydroxylation is 1. The number of rotatable bonds is 12. The van der Waals surface area contributed by atoms with Crippen molar-refractivity contribution in [2.75, 3.05) is 49.5 Å². The van der Waals surface area contributed by atoms with Crippen LogP contribution < -0.4 is 19.7 Å². The van der Waals surface area contributed by atoms with E-state index in [0.717, 1.165) is 117 Å². The Hall–Kier alpha value is -4.88. The number of hydrogen-bond donors (Lipinski definition) is 4. The number of allylic oxidation sites excluding steroid dienone is 1. The van der Waals surface area contributed by atoms with Gasteiger partial charge in [-0.3, -0.25) is 14.8 Å². The van der Waals surface area contributed by atoms with Gasteiger partial charge in [-0.15, -0.1) is 0 Å². The number of benzene rings is 4. The Bertz CT molecular complexity index is 2530. The molecule has 0 bridgehead atoms. The van der Waals surface area contributed by atoms with Gasteiger partial charge in [0.05, 0.1) is 33.2 Å². The SMILES string of the molecule is Cc1cc(S(=O)(=O)NC(=O)c2ccc(N3CCN(CC4=C(c5ccc(Cl)cc5)CC(C)(C)CC4)CC3)cc2Oc2cccc3[nH]ncc23)ccc1NCC1CCC(C)(O)CC1. The molecule has 2 heterocycles. The second-order valence-electron chi connectivity index (χ2n) is 18.3. The molecule has 13 heteroatoms. The van der Waals surface area contributed by atoms with E-state index in [-0.39, 0.29) is 21.6 Å². The molecule has 1 aliphatic heterocycles. The molecule has 2 aliphatic carbocycles. The smallest absolute Gasteiger partial charge is 0.268 e. The van der Waals surface area contributed by atoms with E-state index in [1.165, 1.54) is 22.8 Å². The zero-order chi connectivity index (χ0) is 42.9. The molecule has 0 atom stereocenters. The van der Waals surface area contributed by atoms with Crippen LogP contribution in [0.4, 0.5) is 11.4 Å². The van der Waals surface area contributed by atoms with Crippen molar-refractivity contribution in [3.63, 3.8) is 0 Å². The monoisotopic (exact) mass is 864 g/mol. The van der Waals surface area contributed by atoms with E-state index in [1.807, 2.05) is 50.2 Å². The Morgan fingerprint density at radius 2 is 1.70 bits per heavy atom. The van der Waals surface area contributed by atoms with Crippen molar-refractivity contribution in [1.29, 1.82) is 0 Å². The summed E-state index contributed by atoms with van der Waals surface area (Å²) < 4.78 is 36.3. The van der Waals surface area contributed by atoms with Crippen LogP contribution >= 0.6 is 11.6 Å². The molecular weight excluding hydrogens is 808 g/mol. The van der Waals surface area contributed by atoms with E-state index in [4.69, 9.17) is 16.3 Å². The summed E-state index contributed by atoms with van der Waals surface area (Å²) in [5.41, 5.74) is 7.17. The fraction of sp³-hybridized carbons (Fsp3) is 0.417. The first kappa shape index (κ1) is 42.8. The van der Waals surface area contributed by atoms with Gasteiger partial charge in [0, 0.05) is 61.7 Å². The highest BCUT2D eigenvalue weighted by molar-refractivity contribution is 7.90. The van der Waals surface area contributed by atoms with Gasteiger partial charge in [0.2, 0.25) is 0 Å². The maximum atomic E-state index is 14.0. The van der Waals surface area contributed by atoms with E-state index in [1.54, 1.807) is 30.5 Å². The van der Waals surface area contributed by atoms with Crippen molar-refractivity contribution >= 4 is 55.4 Å². The summed E-state index contributed by atoms with van der Waals surface area (Å²) in [5, 5.41) is 22.4. The first-order valence-electron chi connectivity index (χ1n) is 21.4.